The lowest BCUT2D eigenvalue weighted by Gasteiger charge is -2.46. The van der Waals surface area contributed by atoms with Crippen LogP contribution in [0.4, 0.5) is 17.1 Å². The van der Waals surface area contributed by atoms with Gasteiger partial charge >= 0.3 is 0 Å². The summed E-state index contributed by atoms with van der Waals surface area (Å²) in [5.41, 5.74) is 21.6. The Labute approximate surface area is 366 Å². The third-order valence-electron chi connectivity index (χ3n) is 19.0. The van der Waals surface area contributed by atoms with E-state index in [1.165, 1.54) is 119 Å². The molecule has 0 heterocycles. The van der Waals surface area contributed by atoms with Gasteiger partial charge in [0.2, 0.25) is 0 Å². The highest BCUT2D eigenvalue weighted by Gasteiger charge is 2.69. The Morgan fingerprint density at radius 2 is 1.11 bits per heavy atom. The van der Waals surface area contributed by atoms with Crippen molar-refractivity contribution in [2.75, 3.05) is 4.90 Å². The highest BCUT2D eigenvalue weighted by molar-refractivity contribution is 5.98. The average Bonchev–Trinajstić information content (AvgIpc) is 4.06. The lowest BCUT2D eigenvalue weighted by atomic mass is 9.57. The number of fused-ring (bicyclic) bond motifs is 12. The number of anilines is 3. The molecule has 0 aliphatic heterocycles. The van der Waals surface area contributed by atoms with Crippen molar-refractivity contribution >= 4 is 17.1 Å². The Balaban J connectivity index is 0.999. The van der Waals surface area contributed by atoms with Crippen LogP contribution in [0.2, 0.25) is 0 Å². The van der Waals surface area contributed by atoms with Gasteiger partial charge in [0.05, 0.1) is 5.69 Å². The zero-order chi connectivity index (χ0) is 40.3. The van der Waals surface area contributed by atoms with E-state index in [2.05, 4.69) is 169 Å². The van der Waals surface area contributed by atoms with Gasteiger partial charge in [0.25, 0.3) is 0 Å². The summed E-state index contributed by atoms with van der Waals surface area (Å²) in [7, 11) is 0. The van der Waals surface area contributed by atoms with E-state index in [1.54, 1.807) is 22.3 Å². The summed E-state index contributed by atoms with van der Waals surface area (Å²) in [4.78, 5) is 2.71. The van der Waals surface area contributed by atoms with E-state index in [4.69, 9.17) is 0 Å². The summed E-state index contributed by atoms with van der Waals surface area (Å²) < 4.78 is 0. The van der Waals surface area contributed by atoms with Gasteiger partial charge in [-0.3, -0.25) is 0 Å². The molecular formula is C61H53N. The number of hydrogen-bond donors (Lipinski definition) is 0. The van der Waals surface area contributed by atoms with Crippen LogP contribution in [0.15, 0.2) is 164 Å². The van der Waals surface area contributed by atoms with Crippen LogP contribution in [0.5, 0.6) is 0 Å². The maximum absolute atomic E-state index is 2.71. The SMILES string of the molecule is c1ccc(-c2ccc(N(c3ccc4c(c3)C3(CC5CCC3C5)c3ccccc3-4)c3cccc4c3-c3ccccc3C43C4CCC5CC3C3CC(C4)C53)cc2-c2ccccc2)cc1. The zero-order valence-electron chi connectivity index (χ0n) is 35.5. The molecule has 7 saturated carbocycles. The molecule has 1 nitrogen and oxygen atoms in total. The average molecular weight is 800 g/mol. The van der Waals surface area contributed by atoms with E-state index in [0.717, 1.165) is 41.4 Å². The van der Waals surface area contributed by atoms with E-state index in [9.17, 15) is 0 Å². The minimum Gasteiger partial charge on any atom is -0.310 e. The largest absolute Gasteiger partial charge is 0.310 e. The molecule has 7 bridgehead atoms. The van der Waals surface area contributed by atoms with Crippen LogP contribution in [0.1, 0.15) is 80.0 Å². The van der Waals surface area contributed by atoms with Gasteiger partial charge in [0.15, 0.2) is 0 Å². The third-order valence-corrected chi connectivity index (χ3v) is 19.0. The molecule has 0 amide bonds. The molecule has 0 aromatic heterocycles. The highest BCUT2D eigenvalue weighted by atomic mass is 15.1. The van der Waals surface area contributed by atoms with E-state index in [1.807, 2.05) is 0 Å². The van der Waals surface area contributed by atoms with Crippen LogP contribution in [0, 0.1) is 47.3 Å². The maximum Gasteiger partial charge on any atom is 0.0543 e. The van der Waals surface area contributed by atoms with Crippen molar-refractivity contribution in [3.8, 4) is 44.5 Å². The summed E-state index contributed by atoms with van der Waals surface area (Å²) in [6, 6.07) is 64.0. The quantitative estimate of drug-likeness (QED) is 0.168. The predicted molar refractivity (Wildman–Crippen MR) is 254 cm³/mol. The molecule has 7 aromatic carbocycles. The fourth-order valence-corrected chi connectivity index (χ4v) is 17.1. The third kappa shape index (κ3) is 4.31. The number of nitrogens with zero attached hydrogens (tertiary/aromatic N) is 1. The Morgan fingerprint density at radius 1 is 0.435 bits per heavy atom. The normalized spacial score (nSPS) is 31.7. The molecule has 0 radical (unpaired) electrons. The van der Waals surface area contributed by atoms with Crippen molar-refractivity contribution in [1.29, 1.82) is 0 Å². The summed E-state index contributed by atoms with van der Waals surface area (Å²) in [6.45, 7) is 0. The molecule has 9 aliphatic carbocycles. The van der Waals surface area contributed by atoms with Crippen LogP contribution in [0.25, 0.3) is 44.5 Å². The summed E-state index contributed by atoms with van der Waals surface area (Å²) in [6.07, 6.45) is 12.6. The first kappa shape index (κ1) is 34.9. The van der Waals surface area contributed by atoms with Gasteiger partial charge in [0, 0.05) is 27.8 Å². The van der Waals surface area contributed by atoms with E-state index in [-0.39, 0.29) is 10.8 Å². The minimum atomic E-state index is 0.103. The molecule has 0 N–H and O–H groups in total. The first-order valence-corrected chi connectivity index (χ1v) is 24.2. The second-order valence-corrected chi connectivity index (χ2v) is 21.1. The van der Waals surface area contributed by atoms with Crippen molar-refractivity contribution in [3.63, 3.8) is 0 Å². The fourth-order valence-electron chi connectivity index (χ4n) is 17.1. The van der Waals surface area contributed by atoms with Crippen molar-refractivity contribution in [3.05, 3.63) is 186 Å². The van der Waals surface area contributed by atoms with Crippen molar-refractivity contribution in [1.82, 2.24) is 0 Å². The fraction of sp³-hybridized carbons (Fsp3) is 0.311. The molecule has 10 unspecified atom stereocenters. The van der Waals surface area contributed by atoms with E-state index in [0.29, 0.717) is 5.92 Å². The molecule has 7 fully saturated rings. The molecule has 302 valence electrons. The lowest BCUT2D eigenvalue weighted by Crippen LogP contribution is -2.43. The summed E-state index contributed by atoms with van der Waals surface area (Å²) >= 11 is 0. The maximum atomic E-state index is 2.71. The van der Waals surface area contributed by atoms with E-state index < -0.39 is 0 Å². The van der Waals surface area contributed by atoms with Gasteiger partial charge in [-0.1, -0.05) is 140 Å². The molecule has 16 rings (SSSR count). The molecular weight excluding hydrogens is 747 g/mol. The highest BCUT2D eigenvalue weighted by Crippen LogP contribution is 2.76. The molecule has 0 saturated heterocycles. The second-order valence-electron chi connectivity index (χ2n) is 21.1. The smallest absolute Gasteiger partial charge is 0.0543 e. The van der Waals surface area contributed by atoms with E-state index >= 15 is 0 Å². The Morgan fingerprint density at radius 3 is 1.90 bits per heavy atom. The van der Waals surface area contributed by atoms with Crippen LogP contribution >= 0.6 is 0 Å². The lowest BCUT2D eigenvalue weighted by molar-refractivity contribution is 0.0568. The van der Waals surface area contributed by atoms with Crippen LogP contribution < -0.4 is 4.90 Å². The standard InChI is InChI=1S/C61H53N/c1-3-12-38(13-4-1)46-28-26-44(34-50(46)39-14-5-2-6-15-39)62(45-27-29-48-47-16-7-9-18-52(47)60(55(48)35-45)36-37-22-24-42(60)30-37)57-21-11-20-54-59(57)49-17-8-10-19-53(49)61(54)43-25-23-40-33-56(61)51-32-41(31-43)58(40)51/h1-21,26-29,34-35,37,40-43,51,56,58H,22-25,30-33,36H2. The molecule has 1 heteroatoms. The van der Waals surface area contributed by atoms with Gasteiger partial charge < -0.3 is 4.90 Å². The molecule has 2 spiro atoms. The van der Waals surface area contributed by atoms with Crippen LogP contribution in [-0.2, 0) is 10.8 Å². The number of hydrogen-bond acceptors (Lipinski definition) is 1. The van der Waals surface area contributed by atoms with Crippen molar-refractivity contribution < 1.29 is 0 Å². The zero-order valence-corrected chi connectivity index (χ0v) is 35.5. The van der Waals surface area contributed by atoms with Crippen molar-refractivity contribution in [2.24, 2.45) is 47.3 Å². The Hall–Kier alpha value is -5.66. The molecule has 10 atom stereocenters. The molecule has 62 heavy (non-hydrogen) atoms. The summed E-state index contributed by atoms with van der Waals surface area (Å²) in [5.74, 6) is 6.78. The van der Waals surface area contributed by atoms with Gasteiger partial charge in [-0.25, -0.2) is 0 Å². The summed E-state index contributed by atoms with van der Waals surface area (Å²) in [5, 5.41) is 0. The van der Waals surface area contributed by atoms with Gasteiger partial charge in [-0.2, -0.15) is 0 Å². The topological polar surface area (TPSA) is 3.24 Å². The Kier molecular flexibility index (Phi) is 7.03. The first-order chi connectivity index (χ1) is 30.7. The van der Waals surface area contributed by atoms with Gasteiger partial charge in [-0.15, -0.1) is 0 Å². The monoisotopic (exact) mass is 799 g/mol. The first-order valence-electron chi connectivity index (χ1n) is 24.2. The minimum absolute atomic E-state index is 0.103. The predicted octanol–water partition coefficient (Wildman–Crippen LogP) is 15.5. The van der Waals surface area contributed by atoms with Crippen molar-refractivity contribution in [2.45, 2.75) is 68.6 Å². The number of benzene rings is 7. The second kappa shape index (κ2) is 12.5. The van der Waals surface area contributed by atoms with Gasteiger partial charge in [0.1, 0.15) is 0 Å². The Bertz CT molecular complexity index is 2980. The molecule has 7 aromatic rings. The van der Waals surface area contributed by atoms with Gasteiger partial charge in [-0.05, 0) is 190 Å². The van der Waals surface area contributed by atoms with Crippen LogP contribution in [-0.4, -0.2) is 0 Å². The van der Waals surface area contributed by atoms with Crippen LogP contribution in [0.3, 0.4) is 0 Å². The number of rotatable bonds is 5. The molecule has 9 aliphatic rings.